The zero-order valence-corrected chi connectivity index (χ0v) is 21.1. The molecule has 0 unspecified atom stereocenters. The third kappa shape index (κ3) is 5.89. The fraction of sp³-hybridized carbons (Fsp3) is 0.120. The van der Waals surface area contributed by atoms with Crippen LogP contribution in [0.2, 0.25) is 0 Å². The number of amides is 1. The lowest BCUT2D eigenvalue weighted by Crippen LogP contribution is -2.23. The Morgan fingerprint density at radius 1 is 1.03 bits per heavy atom. The van der Waals surface area contributed by atoms with Gasteiger partial charge in [-0.15, -0.1) is 21.5 Å². The van der Waals surface area contributed by atoms with Crippen LogP contribution in [0.3, 0.4) is 0 Å². The van der Waals surface area contributed by atoms with Gasteiger partial charge in [-0.2, -0.15) is 13.2 Å². The Hall–Kier alpha value is -4.10. The summed E-state index contributed by atoms with van der Waals surface area (Å²) < 4.78 is 41.8. The molecule has 0 aliphatic rings. The fourth-order valence-corrected chi connectivity index (χ4v) is 5.23. The lowest BCUT2D eigenvalue weighted by molar-refractivity contribution is -0.137. The normalized spacial score (nSPS) is 11.4. The van der Waals surface area contributed by atoms with Crippen LogP contribution in [0.15, 0.2) is 83.9 Å². The Bertz CT molecular complexity index is 1540. The van der Waals surface area contributed by atoms with Crippen LogP contribution in [-0.2, 0) is 18.5 Å². The summed E-state index contributed by atoms with van der Waals surface area (Å²) in [5.74, 6) is 0.381. The first-order valence-electron chi connectivity index (χ1n) is 11.2. The molecule has 0 saturated heterocycles. The minimum Gasteiger partial charge on any atom is -0.347 e. The minimum atomic E-state index is -4.50. The first-order valence-corrected chi connectivity index (χ1v) is 13.0. The number of nitrogens with one attached hydrogen (secondary N) is 1. The molecular formula is C25H18F3N7OS2. The number of aromatic nitrogens is 6. The second-order valence-corrected chi connectivity index (χ2v) is 9.78. The summed E-state index contributed by atoms with van der Waals surface area (Å²) in [7, 11) is 0. The summed E-state index contributed by atoms with van der Waals surface area (Å²) in [5, 5.41) is 14.0. The molecule has 8 nitrogen and oxygen atoms in total. The van der Waals surface area contributed by atoms with Crippen molar-refractivity contribution < 1.29 is 18.0 Å². The topological polar surface area (TPSA) is 98.5 Å². The molecule has 0 atom stereocenters. The van der Waals surface area contributed by atoms with Crippen molar-refractivity contribution in [2.24, 2.45) is 0 Å². The number of halogens is 3. The molecule has 0 aliphatic carbocycles. The second kappa shape index (κ2) is 11.1. The lowest BCUT2D eigenvalue weighted by Gasteiger charge is -2.13. The Labute approximate surface area is 223 Å². The monoisotopic (exact) mass is 553 g/mol. The number of thioether (sulfide) groups is 1. The number of hydrogen-bond acceptors (Lipinski definition) is 8. The van der Waals surface area contributed by atoms with E-state index in [9.17, 15) is 18.0 Å². The number of pyridine rings is 2. The molecule has 0 fully saturated rings. The highest BCUT2D eigenvalue weighted by Crippen LogP contribution is 2.34. The summed E-state index contributed by atoms with van der Waals surface area (Å²) in [5.41, 5.74) is 1.24. The number of carbonyl (C=O) groups excluding carboxylic acids is 1. The van der Waals surface area contributed by atoms with Crippen LogP contribution in [-0.4, -0.2) is 35.6 Å². The van der Waals surface area contributed by atoms with Crippen LogP contribution < -0.4 is 5.32 Å². The maximum absolute atomic E-state index is 13.4. The number of rotatable bonds is 8. The van der Waals surface area contributed by atoms with E-state index in [1.54, 1.807) is 59.0 Å². The van der Waals surface area contributed by atoms with Gasteiger partial charge in [0.25, 0.3) is 5.91 Å². The Morgan fingerprint density at radius 3 is 2.58 bits per heavy atom. The molecular weight excluding hydrogens is 535 g/mol. The molecule has 13 heteroatoms. The number of carbonyl (C=O) groups is 1. The van der Waals surface area contributed by atoms with E-state index < -0.39 is 11.7 Å². The third-order valence-corrected chi connectivity index (χ3v) is 7.24. The molecule has 4 aromatic heterocycles. The van der Waals surface area contributed by atoms with Crippen molar-refractivity contribution in [2.45, 2.75) is 23.6 Å². The number of benzene rings is 1. The van der Waals surface area contributed by atoms with Crippen LogP contribution >= 0.6 is 23.1 Å². The molecule has 1 amide bonds. The van der Waals surface area contributed by atoms with Gasteiger partial charge >= 0.3 is 6.18 Å². The summed E-state index contributed by atoms with van der Waals surface area (Å²) >= 11 is 2.56. The Balaban J connectivity index is 1.36. The standard InChI is InChI=1S/C25H18F3N7OS2/c26-25(27,28)18-6-1-7-19(10-18)35-22(17-5-3-9-30-13-17)33-34-24(35)38-15-21-32-20(14-37-21)23(36)31-12-16-4-2-8-29-11-16/h1-11,13-14H,12,15H2,(H,31,36). The Kier molecular flexibility index (Phi) is 7.47. The number of thiazole rings is 1. The molecule has 0 bridgehead atoms. The molecule has 5 aromatic rings. The minimum absolute atomic E-state index is 0.265. The molecule has 1 N–H and O–H groups in total. The molecule has 5 rings (SSSR count). The number of hydrogen-bond donors (Lipinski definition) is 1. The van der Waals surface area contributed by atoms with E-state index in [1.165, 1.54) is 29.2 Å². The molecule has 192 valence electrons. The maximum Gasteiger partial charge on any atom is 0.416 e. The van der Waals surface area contributed by atoms with Crippen molar-refractivity contribution in [3.63, 3.8) is 0 Å². The fourth-order valence-electron chi connectivity index (χ4n) is 3.48. The first-order chi connectivity index (χ1) is 18.4. The molecule has 0 spiro atoms. The van der Waals surface area contributed by atoms with Gasteiger partial charge in [0.05, 0.1) is 17.0 Å². The van der Waals surface area contributed by atoms with Crippen molar-refractivity contribution in [1.29, 1.82) is 0 Å². The third-order valence-electron chi connectivity index (χ3n) is 5.27. The van der Waals surface area contributed by atoms with E-state index in [2.05, 4.69) is 30.5 Å². The van der Waals surface area contributed by atoms with Gasteiger partial charge in [-0.1, -0.05) is 23.9 Å². The highest BCUT2D eigenvalue weighted by molar-refractivity contribution is 7.98. The van der Waals surface area contributed by atoms with E-state index in [0.717, 1.165) is 17.7 Å². The number of nitrogens with zero attached hydrogens (tertiary/aromatic N) is 6. The molecule has 0 radical (unpaired) electrons. The SMILES string of the molecule is O=C(NCc1cccnc1)c1csc(CSc2nnc(-c3cccnc3)n2-c2cccc(C(F)(F)F)c2)n1. The van der Waals surface area contributed by atoms with E-state index in [1.807, 2.05) is 6.07 Å². The van der Waals surface area contributed by atoms with Gasteiger partial charge in [-0.25, -0.2) is 4.98 Å². The largest absolute Gasteiger partial charge is 0.416 e. The smallest absolute Gasteiger partial charge is 0.347 e. The summed E-state index contributed by atoms with van der Waals surface area (Å²) in [6.07, 6.45) is 1.99. The molecule has 4 heterocycles. The average molecular weight is 554 g/mol. The van der Waals surface area contributed by atoms with Crippen LogP contribution in [0, 0.1) is 0 Å². The van der Waals surface area contributed by atoms with Crippen molar-refractivity contribution in [3.8, 4) is 17.1 Å². The van der Waals surface area contributed by atoms with Crippen molar-refractivity contribution >= 4 is 29.0 Å². The molecule has 38 heavy (non-hydrogen) atoms. The first kappa shape index (κ1) is 25.5. The van der Waals surface area contributed by atoms with Crippen molar-refractivity contribution in [3.05, 3.63) is 101 Å². The highest BCUT2D eigenvalue weighted by Gasteiger charge is 2.31. The molecule has 0 aliphatic heterocycles. The summed E-state index contributed by atoms with van der Waals surface area (Å²) in [6.45, 7) is 0.325. The van der Waals surface area contributed by atoms with Gasteiger partial charge in [-0.3, -0.25) is 19.3 Å². The van der Waals surface area contributed by atoms with Gasteiger partial charge in [0.1, 0.15) is 10.7 Å². The predicted molar refractivity (Wildman–Crippen MR) is 137 cm³/mol. The van der Waals surface area contributed by atoms with E-state index in [4.69, 9.17) is 0 Å². The molecule has 0 saturated carbocycles. The van der Waals surface area contributed by atoms with Crippen molar-refractivity contribution in [2.75, 3.05) is 0 Å². The lowest BCUT2D eigenvalue weighted by atomic mass is 10.2. The van der Waals surface area contributed by atoms with E-state index >= 15 is 0 Å². The van der Waals surface area contributed by atoms with Crippen LogP contribution in [0.25, 0.3) is 17.1 Å². The quantitative estimate of drug-likeness (QED) is 0.256. The summed E-state index contributed by atoms with van der Waals surface area (Å²) in [4.78, 5) is 25.0. The zero-order chi connectivity index (χ0) is 26.5. The number of alkyl halides is 3. The van der Waals surface area contributed by atoms with Gasteiger partial charge in [-0.05, 0) is 42.0 Å². The molecule has 1 aromatic carbocycles. The Morgan fingerprint density at radius 2 is 1.84 bits per heavy atom. The second-order valence-electron chi connectivity index (χ2n) is 7.89. The van der Waals surface area contributed by atoms with E-state index in [-0.39, 0.29) is 17.3 Å². The van der Waals surface area contributed by atoms with Gasteiger partial charge in [0.15, 0.2) is 11.0 Å². The van der Waals surface area contributed by atoms with Crippen LogP contribution in [0.4, 0.5) is 13.2 Å². The van der Waals surface area contributed by atoms with Gasteiger partial charge in [0, 0.05) is 42.3 Å². The highest BCUT2D eigenvalue weighted by atomic mass is 32.2. The van der Waals surface area contributed by atoms with Gasteiger partial charge in [0.2, 0.25) is 0 Å². The average Bonchev–Trinajstić information content (AvgIpc) is 3.59. The predicted octanol–water partition coefficient (Wildman–Crippen LogP) is 5.42. The van der Waals surface area contributed by atoms with Gasteiger partial charge < -0.3 is 5.32 Å². The maximum atomic E-state index is 13.4. The summed E-state index contributed by atoms with van der Waals surface area (Å²) in [6, 6.07) is 12.1. The van der Waals surface area contributed by atoms with E-state index in [0.29, 0.717) is 33.8 Å². The van der Waals surface area contributed by atoms with Crippen LogP contribution in [0.5, 0.6) is 0 Å². The zero-order valence-electron chi connectivity index (χ0n) is 19.5. The van der Waals surface area contributed by atoms with Crippen LogP contribution in [0.1, 0.15) is 26.6 Å². The van der Waals surface area contributed by atoms with Crippen molar-refractivity contribution in [1.82, 2.24) is 35.0 Å².